The second-order valence-electron chi connectivity index (χ2n) is 8.58. The molecular formula is C26H33ClN2O3. The lowest BCUT2D eigenvalue weighted by atomic mass is 10.1. The zero-order valence-electron chi connectivity index (χ0n) is 19.2. The number of nitrogens with one attached hydrogen (secondary N) is 1. The standard InChI is InChI=1S/C26H33ClN2O3/c1-4-23(26(31)28-21-10-6-7-11-21)29(16-20-9-5-8-12-22(20)27)25(30)17-32-24-14-13-18(2)15-19(24)3/h5,8-9,12-15,21,23H,4,6-7,10-11,16-17H2,1-3H3,(H,28,31)/t23-/m1/s1. The minimum atomic E-state index is -0.581. The van der Waals surface area contributed by atoms with E-state index >= 15 is 0 Å². The first kappa shape index (κ1) is 24.1. The summed E-state index contributed by atoms with van der Waals surface area (Å²) < 4.78 is 5.85. The number of ether oxygens (including phenoxy) is 1. The summed E-state index contributed by atoms with van der Waals surface area (Å²) in [7, 11) is 0. The molecule has 32 heavy (non-hydrogen) atoms. The SMILES string of the molecule is CC[C@H](C(=O)NC1CCCC1)N(Cc1ccccc1Cl)C(=O)COc1ccc(C)cc1C. The van der Waals surface area contributed by atoms with E-state index in [1.54, 1.807) is 11.0 Å². The fourth-order valence-electron chi connectivity index (χ4n) is 4.28. The van der Waals surface area contributed by atoms with Crippen molar-refractivity contribution < 1.29 is 14.3 Å². The van der Waals surface area contributed by atoms with Crippen LogP contribution in [0.3, 0.4) is 0 Å². The summed E-state index contributed by atoms with van der Waals surface area (Å²) in [5, 5.41) is 3.72. The summed E-state index contributed by atoms with van der Waals surface area (Å²) in [5.74, 6) is 0.328. The van der Waals surface area contributed by atoms with Crippen molar-refractivity contribution in [2.24, 2.45) is 0 Å². The van der Waals surface area contributed by atoms with Crippen LogP contribution in [0.15, 0.2) is 42.5 Å². The molecule has 1 atom stereocenters. The monoisotopic (exact) mass is 456 g/mol. The van der Waals surface area contributed by atoms with Crippen molar-refractivity contribution in [3.63, 3.8) is 0 Å². The molecule has 3 rings (SSSR count). The largest absolute Gasteiger partial charge is 0.483 e. The molecule has 2 amide bonds. The molecule has 1 aliphatic carbocycles. The van der Waals surface area contributed by atoms with Crippen LogP contribution in [0.4, 0.5) is 0 Å². The van der Waals surface area contributed by atoms with Crippen molar-refractivity contribution in [3.8, 4) is 5.75 Å². The van der Waals surface area contributed by atoms with Crippen LogP contribution in [0.25, 0.3) is 0 Å². The van der Waals surface area contributed by atoms with Crippen molar-refractivity contribution in [1.82, 2.24) is 10.2 Å². The van der Waals surface area contributed by atoms with Gasteiger partial charge in [-0.3, -0.25) is 9.59 Å². The number of hydrogen-bond donors (Lipinski definition) is 1. The lowest BCUT2D eigenvalue weighted by molar-refractivity contribution is -0.143. The van der Waals surface area contributed by atoms with Gasteiger partial charge in [-0.25, -0.2) is 0 Å². The predicted molar refractivity (Wildman–Crippen MR) is 128 cm³/mol. The highest BCUT2D eigenvalue weighted by Gasteiger charge is 2.31. The van der Waals surface area contributed by atoms with Crippen LogP contribution < -0.4 is 10.1 Å². The molecule has 0 aromatic heterocycles. The van der Waals surface area contributed by atoms with Crippen molar-refractivity contribution in [1.29, 1.82) is 0 Å². The van der Waals surface area contributed by atoms with Crippen molar-refractivity contribution in [2.45, 2.75) is 71.5 Å². The third-order valence-electron chi connectivity index (χ3n) is 6.07. The van der Waals surface area contributed by atoms with Crippen LogP contribution in [0.2, 0.25) is 5.02 Å². The third-order valence-corrected chi connectivity index (χ3v) is 6.44. The van der Waals surface area contributed by atoms with Gasteiger partial charge in [0.1, 0.15) is 11.8 Å². The Kier molecular flexibility index (Phi) is 8.57. The number of benzene rings is 2. The number of carbonyl (C=O) groups is 2. The Hall–Kier alpha value is -2.53. The van der Waals surface area contributed by atoms with Crippen molar-refractivity contribution in [2.75, 3.05) is 6.61 Å². The van der Waals surface area contributed by atoms with Crippen LogP contribution >= 0.6 is 11.6 Å². The van der Waals surface area contributed by atoms with Crippen LogP contribution in [0, 0.1) is 13.8 Å². The molecule has 0 radical (unpaired) electrons. The highest BCUT2D eigenvalue weighted by molar-refractivity contribution is 6.31. The summed E-state index contributed by atoms with van der Waals surface area (Å²) in [6, 6.07) is 12.9. The van der Waals surface area contributed by atoms with Crippen molar-refractivity contribution >= 4 is 23.4 Å². The molecule has 1 fully saturated rings. The van der Waals surface area contributed by atoms with E-state index in [0.29, 0.717) is 17.2 Å². The van der Waals surface area contributed by atoms with E-state index in [0.717, 1.165) is 42.4 Å². The molecule has 0 bridgehead atoms. The molecule has 0 aliphatic heterocycles. The first-order chi connectivity index (χ1) is 15.4. The number of aryl methyl sites for hydroxylation is 2. The van der Waals surface area contributed by atoms with Gasteiger partial charge in [0, 0.05) is 17.6 Å². The normalized spacial score (nSPS) is 14.8. The quantitative estimate of drug-likeness (QED) is 0.564. The summed E-state index contributed by atoms with van der Waals surface area (Å²) >= 11 is 6.38. The molecule has 0 saturated heterocycles. The van der Waals surface area contributed by atoms with Crippen molar-refractivity contribution in [3.05, 3.63) is 64.2 Å². The molecule has 0 unspecified atom stereocenters. The first-order valence-corrected chi connectivity index (χ1v) is 11.8. The average molecular weight is 457 g/mol. The highest BCUT2D eigenvalue weighted by Crippen LogP contribution is 2.23. The second kappa shape index (κ2) is 11.4. The zero-order chi connectivity index (χ0) is 23.1. The number of carbonyl (C=O) groups excluding carboxylic acids is 2. The Morgan fingerprint density at radius 2 is 1.88 bits per heavy atom. The molecule has 2 aromatic rings. The van der Waals surface area contributed by atoms with E-state index in [1.807, 2.05) is 57.2 Å². The lowest BCUT2D eigenvalue weighted by Crippen LogP contribution is -2.52. The highest BCUT2D eigenvalue weighted by atomic mass is 35.5. The zero-order valence-corrected chi connectivity index (χ0v) is 20.0. The minimum absolute atomic E-state index is 0.105. The molecule has 172 valence electrons. The van der Waals surface area contributed by atoms with Gasteiger partial charge < -0.3 is 15.0 Å². The second-order valence-corrected chi connectivity index (χ2v) is 8.99. The maximum Gasteiger partial charge on any atom is 0.261 e. The van der Waals surface area contributed by atoms with Gasteiger partial charge >= 0.3 is 0 Å². The fraction of sp³-hybridized carbons (Fsp3) is 0.462. The smallest absolute Gasteiger partial charge is 0.261 e. The lowest BCUT2D eigenvalue weighted by Gasteiger charge is -2.31. The van der Waals surface area contributed by atoms with E-state index in [-0.39, 0.29) is 31.0 Å². The molecule has 2 aromatic carbocycles. The Labute approximate surface area is 196 Å². The Morgan fingerprint density at radius 3 is 2.53 bits per heavy atom. The topological polar surface area (TPSA) is 58.6 Å². The number of amides is 2. The number of halogens is 1. The molecular weight excluding hydrogens is 424 g/mol. The van der Waals surface area contributed by atoms with Gasteiger partial charge in [-0.1, -0.05) is 67.3 Å². The summed E-state index contributed by atoms with van der Waals surface area (Å²) in [6.45, 7) is 6.02. The minimum Gasteiger partial charge on any atom is -0.483 e. The number of nitrogens with zero attached hydrogens (tertiary/aromatic N) is 1. The van der Waals surface area contributed by atoms with Crippen LogP contribution in [-0.2, 0) is 16.1 Å². The molecule has 0 heterocycles. The van der Waals surface area contributed by atoms with E-state index < -0.39 is 6.04 Å². The Morgan fingerprint density at radius 1 is 1.16 bits per heavy atom. The van der Waals surface area contributed by atoms with Crippen LogP contribution in [0.1, 0.15) is 55.7 Å². The van der Waals surface area contributed by atoms with E-state index in [9.17, 15) is 9.59 Å². The molecule has 1 saturated carbocycles. The molecule has 6 heteroatoms. The van der Waals surface area contributed by atoms with E-state index in [2.05, 4.69) is 5.32 Å². The van der Waals surface area contributed by atoms with Gasteiger partial charge in [0.25, 0.3) is 5.91 Å². The molecule has 1 aliphatic rings. The summed E-state index contributed by atoms with van der Waals surface area (Å²) in [4.78, 5) is 28.1. The average Bonchev–Trinajstić information content (AvgIpc) is 3.27. The summed E-state index contributed by atoms with van der Waals surface area (Å²) in [5.41, 5.74) is 2.92. The van der Waals surface area contributed by atoms with Gasteiger partial charge in [0.2, 0.25) is 5.91 Å². The number of hydrogen-bond acceptors (Lipinski definition) is 3. The maximum absolute atomic E-state index is 13.3. The van der Waals surface area contributed by atoms with E-state index in [1.165, 1.54) is 0 Å². The van der Waals surface area contributed by atoms with Gasteiger partial charge in [0.05, 0.1) is 0 Å². The van der Waals surface area contributed by atoms with E-state index in [4.69, 9.17) is 16.3 Å². The van der Waals surface area contributed by atoms with Crippen LogP contribution in [-0.4, -0.2) is 35.4 Å². The van der Waals surface area contributed by atoms with Crippen LogP contribution in [0.5, 0.6) is 5.75 Å². The Bertz CT molecular complexity index is 940. The maximum atomic E-state index is 13.3. The van der Waals surface area contributed by atoms with Gasteiger partial charge in [-0.05, 0) is 56.4 Å². The predicted octanol–water partition coefficient (Wildman–Crippen LogP) is 5.20. The van der Waals surface area contributed by atoms with Gasteiger partial charge in [-0.2, -0.15) is 0 Å². The first-order valence-electron chi connectivity index (χ1n) is 11.4. The Balaban J connectivity index is 1.78. The number of rotatable bonds is 9. The molecule has 1 N–H and O–H groups in total. The van der Waals surface area contributed by atoms with Gasteiger partial charge in [0.15, 0.2) is 6.61 Å². The molecule has 5 nitrogen and oxygen atoms in total. The molecule has 0 spiro atoms. The van der Waals surface area contributed by atoms with Gasteiger partial charge in [-0.15, -0.1) is 0 Å². The summed E-state index contributed by atoms with van der Waals surface area (Å²) in [6.07, 6.45) is 4.77. The third kappa shape index (κ3) is 6.26. The fourth-order valence-corrected chi connectivity index (χ4v) is 4.48.